The highest BCUT2D eigenvalue weighted by Gasteiger charge is 2.21. The summed E-state index contributed by atoms with van der Waals surface area (Å²) in [5.74, 6) is 0.193. The van der Waals surface area contributed by atoms with Crippen molar-refractivity contribution >= 4 is 28.8 Å². The molecule has 2 heterocycles. The van der Waals surface area contributed by atoms with Gasteiger partial charge in [0.05, 0.1) is 0 Å². The quantitative estimate of drug-likeness (QED) is 0.875. The fraction of sp³-hybridized carbons (Fsp3) is 0.368. The Bertz CT molecular complexity index is 712. The molecule has 0 unspecified atom stereocenters. The summed E-state index contributed by atoms with van der Waals surface area (Å²) in [5.41, 5.74) is 1.94. The van der Waals surface area contributed by atoms with E-state index in [-0.39, 0.29) is 17.7 Å². The Morgan fingerprint density at radius 2 is 2.21 bits per heavy atom. The second-order valence-electron chi connectivity index (χ2n) is 6.22. The van der Waals surface area contributed by atoms with E-state index < -0.39 is 0 Å². The van der Waals surface area contributed by atoms with E-state index in [4.69, 9.17) is 0 Å². The van der Waals surface area contributed by atoms with Gasteiger partial charge in [0.15, 0.2) is 0 Å². The van der Waals surface area contributed by atoms with Crippen molar-refractivity contribution in [3.8, 4) is 0 Å². The average Bonchev–Trinajstić information content (AvgIpc) is 3.24. The highest BCUT2D eigenvalue weighted by Crippen LogP contribution is 2.22. The Hall–Kier alpha value is -2.14. The van der Waals surface area contributed by atoms with E-state index in [2.05, 4.69) is 11.4 Å². The highest BCUT2D eigenvalue weighted by atomic mass is 32.1. The molecule has 1 aliphatic heterocycles. The van der Waals surface area contributed by atoms with Crippen molar-refractivity contribution in [2.24, 2.45) is 5.92 Å². The third kappa shape index (κ3) is 4.03. The molecule has 1 aliphatic rings. The lowest BCUT2D eigenvalue weighted by Crippen LogP contribution is -2.30. The van der Waals surface area contributed by atoms with Crippen LogP contribution in [-0.4, -0.2) is 18.4 Å². The standard InChI is InChI=1S/C19H22N2O2S/c1-14(11-17-7-4-10-24-17)19(23)20-13-15-5-2-6-16(12-15)21-9-3-8-18(21)22/h2,4-7,10,12,14H,3,8-9,11,13H2,1H3,(H,20,23)/t14-/m1/s1. The molecule has 24 heavy (non-hydrogen) atoms. The van der Waals surface area contributed by atoms with Crippen molar-refractivity contribution in [1.29, 1.82) is 0 Å². The number of amides is 2. The predicted molar refractivity (Wildman–Crippen MR) is 97.1 cm³/mol. The number of carbonyl (C=O) groups is 2. The molecule has 0 spiro atoms. The number of carbonyl (C=O) groups excluding carboxylic acids is 2. The second kappa shape index (κ2) is 7.62. The monoisotopic (exact) mass is 342 g/mol. The first-order chi connectivity index (χ1) is 11.6. The van der Waals surface area contributed by atoms with Crippen molar-refractivity contribution in [2.45, 2.75) is 32.7 Å². The van der Waals surface area contributed by atoms with Crippen molar-refractivity contribution in [2.75, 3.05) is 11.4 Å². The summed E-state index contributed by atoms with van der Waals surface area (Å²) < 4.78 is 0. The van der Waals surface area contributed by atoms with Crippen molar-refractivity contribution in [1.82, 2.24) is 5.32 Å². The van der Waals surface area contributed by atoms with Crippen molar-refractivity contribution < 1.29 is 9.59 Å². The molecule has 4 nitrogen and oxygen atoms in total. The fourth-order valence-corrected chi connectivity index (χ4v) is 3.78. The second-order valence-corrected chi connectivity index (χ2v) is 7.25. The first-order valence-electron chi connectivity index (χ1n) is 8.33. The molecule has 126 valence electrons. The molecule has 1 saturated heterocycles. The zero-order chi connectivity index (χ0) is 16.9. The Kier molecular flexibility index (Phi) is 5.30. The maximum absolute atomic E-state index is 12.3. The number of benzene rings is 1. The van der Waals surface area contributed by atoms with Crippen LogP contribution >= 0.6 is 11.3 Å². The van der Waals surface area contributed by atoms with Gasteiger partial charge in [0.2, 0.25) is 11.8 Å². The van der Waals surface area contributed by atoms with Crippen LogP contribution < -0.4 is 10.2 Å². The number of nitrogens with one attached hydrogen (secondary N) is 1. The Morgan fingerprint density at radius 1 is 1.33 bits per heavy atom. The van der Waals surface area contributed by atoms with Crippen LogP contribution in [0.4, 0.5) is 5.69 Å². The molecule has 0 saturated carbocycles. The molecule has 0 radical (unpaired) electrons. The molecule has 1 aromatic carbocycles. The molecule has 0 bridgehead atoms. The van der Waals surface area contributed by atoms with E-state index in [1.807, 2.05) is 47.5 Å². The predicted octanol–water partition coefficient (Wildman–Crippen LogP) is 3.37. The number of nitrogens with zero attached hydrogens (tertiary/aromatic N) is 1. The SMILES string of the molecule is C[C@H](Cc1cccs1)C(=O)NCc1cccc(N2CCCC2=O)c1. The van der Waals surface area contributed by atoms with E-state index >= 15 is 0 Å². The molecule has 2 aromatic rings. The first-order valence-corrected chi connectivity index (χ1v) is 9.21. The summed E-state index contributed by atoms with van der Waals surface area (Å²) in [5, 5.41) is 5.04. The lowest BCUT2D eigenvalue weighted by molar-refractivity contribution is -0.124. The smallest absolute Gasteiger partial charge is 0.227 e. The molecule has 1 aromatic heterocycles. The van der Waals surface area contributed by atoms with Gasteiger partial charge in [-0.15, -0.1) is 11.3 Å². The first kappa shape index (κ1) is 16.7. The summed E-state index contributed by atoms with van der Waals surface area (Å²) in [6, 6.07) is 11.9. The van der Waals surface area contributed by atoms with Gasteiger partial charge in [-0.2, -0.15) is 0 Å². The minimum absolute atomic E-state index is 0.0491. The Balaban J connectivity index is 1.56. The van der Waals surface area contributed by atoms with Crippen LogP contribution in [-0.2, 0) is 22.6 Å². The molecule has 3 rings (SSSR count). The minimum atomic E-state index is -0.0491. The van der Waals surface area contributed by atoms with E-state index in [1.165, 1.54) is 4.88 Å². The molecule has 2 amide bonds. The average molecular weight is 342 g/mol. The van der Waals surface area contributed by atoms with Crippen LogP contribution in [0.3, 0.4) is 0 Å². The summed E-state index contributed by atoms with van der Waals surface area (Å²) in [6.45, 7) is 3.23. The molecule has 1 N–H and O–H groups in total. The molecular weight excluding hydrogens is 320 g/mol. The van der Waals surface area contributed by atoms with Crippen LogP contribution in [0, 0.1) is 5.92 Å². The van der Waals surface area contributed by atoms with Gasteiger partial charge in [0.25, 0.3) is 0 Å². The third-order valence-electron chi connectivity index (χ3n) is 4.30. The van der Waals surface area contributed by atoms with Crippen LogP contribution in [0.1, 0.15) is 30.2 Å². The zero-order valence-corrected chi connectivity index (χ0v) is 14.6. The number of hydrogen-bond acceptors (Lipinski definition) is 3. The summed E-state index contributed by atoms with van der Waals surface area (Å²) >= 11 is 1.68. The van der Waals surface area contributed by atoms with Gasteiger partial charge in [-0.25, -0.2) is 0 Å². The lowest BCUT2D eigenvalue weighted by atomic mass is 10.1. The Labute approximate surface area is 146 Å². The minimum Gasteiger partial charge on any atom is -0.352 e. The number of anilines is 1. The van der Waals surface area contributed by atoms with Gasteiger partial charge in [0.1, 0.15) is 0 Å². The number of hydrogen-bond donors (Lipinski definition) is 1. The van der Waals surface area contributed by atoms with E-state index in [1.54, 1.807) is 11.3 Å². The van der Waals surface area contributed by atoms with Crippen LogP contribution in [0.5, 0.6) is 0 Å². The van der Waals surface area contributed by atoms with E-state index in [9.17, 15) is 9.59 Å². The number of rotatable bonds is 6. The van der Waals surface area contributed by atoms with Gasteiger partial charge < -0.3 is 10.2 Å². The van der Waals surface area contributed by atoms with Gasteiger partial charge in [-0.05, 0) is 42.0 Å². The summed E-state index contributed by atoms with van der Waals surface area (Å²) in [6.07, 6.45) is 2.31. The topological polar surface area (TPSA) is 49.4 Å². The summed E-state index contributed by atoms with van der Waals surface area (Å²) in [4.78, 5) is 27.2. The van der Waals surface area contributed by atoms with Crippen LogP contribution in [0.25, 0.3) is 0 Å². The van der Waals surface area contributed by atoms with Crippen molar-refractivity contribution in [3.63, 3.8) is 0 Å². The molecule has 0 aliphatic carbocycles. The van der Waals surface area contributed by atoms with E-state index in [0.717, 1.165) is 30.6 Å². The maximum atomic E-state index is 12.3. The molecule has 1 atom stereocenters. The van der Waals surface area contributed by atoms with Crippen molar-refractivity contribution in [3.05, 3.63) is 52.2 Å². The molecular formula is C19H22N2O2S. The molecule has 1 fully saturated rings. The fourth-order valence-electron chi connectivity index (χ4n) is 2.94. The van der Waals surface area contributed by atoms with Gasteiger partial charge >= 0.3 is 0 Å². The summed E-state index contributed by atoms with van der Waals surface area (Å²) in [7, 11) is 0. The van der Waals surface area contributed by atoms with Crippen LogP contribution in [0.2, 0.25) is 0 Å². The molecule has 5 heteroatoms. The lowest BCUT2D eigenvalue weighted by Gasteiger charge is -2.17. The van der Waals surface area contributed by atoms with E-state index in [0.29, 0.717) is 13.0 Å². The maximum Gasteiger partial charge on any atom is 0.227 e. The normalized spacial score (nSPS) is 15.5. The van der Waals surface area contributed by atoms with Gasteiger partial charge in [-0.1, -0.05) is 25.1 Å². The third-order valence-corrected chi connectivity index (χ3v) is 5.20. The zero-order valence-electron chi connectivity index (χ0n) is 13.8. The Morgan fingerprint density at radius 3 is 2.92 bits per heavy atom. The van der Waals surface area contributed by atoms with Gasteiger partial charge in [-0.3, -0.25) is 9.59 Å². The van der Waals surface area contributed by atoms with Crippen LogP contribution in [0.15, 0.2) is 41.8 Å². The highest BCUT2D eigenvalue weighted by molar-refractivity contribution is 7.09. The largest absolute Gasteiger partial charge is 0.352 e. The number of thiophene rings is 1. The van der Waals surface area contributed by atoms with Gasteiger partial charge in [0, 0.05) is 36.0 Å².